The van der Waals surface area contributed by atoms with E-state index in [-0.39, 0.29) is 4.90 Å². The summed E-state index contributed by atoms with van der Waals surface area (Å²) in [5.41, 5.74) is 3.92. The van der Waals surface area contributed by atoms with Crippen molar-refractivity contribution in [2.24, 2.45) is 5.14 Å². The molecule has 3 heterocycles. The fraction of sp³-hybridized carbons (Fsp3) is 0.188. The topological polar surface area (TPSA) is 80.7 Å². The van der Waals surface area contributed by atoms with Crippen molar-refractivity contribution in [3.05, 3.63) is 58.5 Å². The van der Waals surface area contributed by atoms with Gasteiger partial charge in [0.1, 0.15) is 5.65 Å². The van der Waals surface area contributed by atoms with Crippen LogP contribution in [0.25, 0.3) is 5.65 Å². The van der Waals surface area contributed by atoms with Crippen LogP contribution in [0.1, 0.15) is 11.3 Å². The molecular weight excluding hydrogens is 392 g/mol. The van der Waals surface area contributed by atoms with Crippen LogP contribution in [0, 0.1) is 0 Å². The summed E-state index contributed by atoms with van der Waals surface area (Å²) < 4.78 is 25.9. The van der Waals surface area contributed by atoms with Crippen molar-refractivity contribution in [3.63, 3.8) is 0 Å². The van der Waals surface area contributed by atoms with Crippen molar-refractivity contribution in [1.29, 1.82) is 0 Å². The summed E-state index contributed by atoms with van der Waals surface area (Å²) in [5.74, 6) is 0. The van der Waals surface area contributed by atoms with Crippen LogP contribution in [-0.4, -0.2) is 24.3 Å². The Kier molecular flexibility index (Phi) is 3.63. The number of halogens is 1. The average Bonchev–Trinajstić information content (AvgIpc) is 3.09. The minimum absolute atomic E-state index is 0.167. The first kappa shape index (κ1) is 15.6. The van der Waals surface area contributed by atoms with E-state index in [1.54, 1.807) is 12.1 Å². The number of nitrogens with zero attached hydrogens (tertiary/aromatic N) is 3. The maximum absolute atomic E-state index is 11.5. The van der Waals surface area contributed by atoms with Crippen LogP contribution >= 0.6 is 15.9 Å². The fourth-order valence-electron chi connectivity index (χ4n) is 3.08. The van der Waals surface area contributed by atoms with Crippen LogP contribution in [-0.2, 0) is 23.0 Å². The van der Waals surface area contributed by atoms with Gasteiger partial charge in [0.15, 0.2) is 0 Å². The molecule has 0 amide bonds. The number of sulfonamides is 1. The predicted molar refractivity (Wildman–Crippen MR) is 95.5 cm³/mol. The average molecular weight is 407 g/mol. The van der Waals surface area contributed by atoms with E-state index >= 15 is 0 Å². The molecule has 124 valence electrons. The second-order valence-electron chi connectivity index (χ2n) is 5.85. The second kappa shape index (κ2) is 5.58. The van der Waals surface area contributed by atoms with E-state index in [9.17, 15) is 8.42 Å². The summed E-state index contributed by atoms with van der Waals surface area (Å²) in [5, 5.41) is 5.21. The first-order valence-corrected chi connectivity index (χ1v) is 9.78. The van der Waals surface area contributed by atoms with Gasteiger partial charge in [0.05, 0.1) is 17.1 Å². The number of imidazole rings is 1. The normalized spacial score (nSPS) is 14.3. The van der Waals surface area contributed by atoms with Gasteiger partial charge in [-0.3, -0.25) is 0 Å². The molecule has 1 aliphatic rings. The zero-order valence-electron chi connectivity index (χ0n) is 12.7. The van der Waals surface area contributed by atoms with Crippen LogP contribution in [0.3, 0.4) is 0 Å². The van der Waals surface area contributed by atoms with E-state index in [1.807, 2.05) is 35.0 Å². The summed E-state index contributed by atoms with van der Waals surface area (Å²) in [6.07, 6.45) is 4.79. The van der Waals surface area contributed by atoms with Gasteiger partial charge in [-0.05, 0) is 58.2 Å². The lowest BCUT2D eigenvalue weighted by molar-refractivity contribution is 0.597. The van der Waals surface area contributed by atoms with Gasteiger partial charge in [-0.1, -0.05) is 0 Å². The zero-order valence-corrected chi connectivity index (χ0v) is 15.1. The molecule has 0 atom stereocenters. The number of hydrogen-bond acceptors (Lipinski definition) is 4. The van der Waals surface area contributed by atoms with Crippen molar-refractivity contribution in [3.8, 4) is 0 Å². The number of benzene rings is 1. The number of aromatic nitrogens is 2. The summed E-state index contributed by atoms with van der Waals surface area (Å²) in [6, 6.07) is 8.99. The molecule has 3 aromatic rings. The van der Waals surface area contributed by atoms with E-state index in [0.29, 0.717) is 6.54 Å². The highest BCUT2D eigenvalue weighted by molar-refractivity contribution is 9.10. The largest absolute Gasteiger partial charge is 0.365 e. The molecule has 2 aromatic heterocycles. The molecule has 0 aliphatic carbocycles. The molecule has 2 N–H and O–H groups in total. The lowest BCUT2D eigenvalue weighted by Crippen LogP contribution is -2.19. The first-order valence-electron chi connectivity index (χ1n) is 7.44. The summed E-state index contributed by atoms with van der Waals surface area (Å²) in [7, 11) is -3.66. The molecule has 1 aliphatic heterocycles. The maximum Gasteiger partial charge on any atom is 0.238 e. The van der Waals surface area contributed by atoms with E-state index in [1.165, 1.54) is 0 Å². The lowest BCUT2D eigenvalue weighted by atomic mass is 10.2. The molecular formula is C16H15BrN4O2S. The Balaban J connectivity index is 1.63. The van der Waals surface area contributed by atoms with Crippen molar-refractivity contribution in [2.45, 2.75) is 17.9 Å². The number of rotatable bonds is 3. The van der Waals surface area contributed by atoms with Crippen molar-refractivity contribution >= 4 is 37.3 Å². The molecule has 0 saturated heterocycles. The Labute approximate surface area is 148 Å². The van der Waals surface area contributed by atoms with Gasteiger partial charge in [0, 0.05) is 29.1 Å². The molecule has 0 saturated carbocycles. The van der Waals surface area contributed by atoms with Crippen molar-refractivity contribution in [2.75, 3.05) is 11.4 Å². The molecule has 4 rings (SSSR count). The van der Waals surface area contributed by atoms with E-state index in [4.69, 9.17) is 5.14 Å². The number of pyridine rings is 1. The molecule has 0 unspecified atom stereocenters. The van der Waals surface area contributed by atoms with E-state index < -0.39 is 10.0 Å². The van der Waals surface area contributed by atoms with Gasteiger partial charge in [-0.15, -0.1) is 0 Å². The Hall–Kier alpha value is -1.90. The van der Waals surface area contributed by atoms with Gasteiger partial charge in [0.25, 0.3) is 0 Å². The minimum atomic E-state index is -3.66. The van der Waals surface area contributed by atoms with Crippen LogP contribution < -0.4 is 10.0 Å². The maximum atomic E-state index is 11.5. The molecule has 1 aromatic carbocycles. The van der Waals surface area contributed by atoms with Crippen LogP contribution in [0.2, 0.25) is 0 Å². The Bertz CT molecular complexity index is 1050. The molecule has 8 heteroatoms. The highest BCUT2D eigenvalue weighted by Gasteiger charge is 2.22. The number of nitrogens with two attached hydrogens (primary N) is 1. The number of fused-ring (bicyclic) bond motifs is 2. The fourth-order valence-corrected chi connectivity index (χ4v) is 3.99. The highest BCUT2D eigenvalue weighted by Crippen LogP contribution is 2.31. The zero-order chi connectivity index (χ0) is 16.9. The van der Waals surface area contributed by atoms with Crippen molar-refractivity contribution in [1.82, 2.24) is 9.38 Å². The molecule has 0 fully saturated rings. The molecule has 24 heavy (non-hydrogen) atoms. The molecule has 0 spiro atoms. The highest BCUT2D eigenvalue weighted by atomic mass is 79.9. The van der Waals surface area contributed by atoms with Crippen LogP contribution in [0.5, 0.6) is 0 Å². The molecule has 0 bridgehead atoms. The third-order valence-electron chi connectivity index (χ3n) is 4.19. The SMILES string of the molecule is NS(=O)(=O)c1ccc2c(c1)CCN2Cc1cn2cc(Br)ccc2n1. The lowest BCUT2D eigenvalue weighted by Gasteiger charge is -2.18. The Morgan fingerprint density at radius 2 is 2.04 bits per heavy atom. The summed E-state index contributed by atoms with van der Waals surface area (Å²) in [4.78, 5) is 7.01. The predicted octanol–water partition coefficient (Wildman–Crippen LogP) is 2.31. The smallest absolute Gasteiger partial charge is 0.238 e. The van der Waals surface area contributed by atoms with E-state index in [0.717, 1.165) is 40.0 Å². The second-order valence-corrected chi connectivity index (χ2v) is 8.33. The monoisotopic (exact) mass is 406 g/mol. The summed E-state index contributed by atoms with van der Waals surface area (Å²) >= 11 is 3.46. The van der Waals surface area contributed by atoms with Gasteiger partial charge in [-0.2, -0.15) is 0 Å². The number of primary sulfonamides is 1. The van der Waals surface area contributed by atoms with Crippen LogP contribution in [0.4, 0.5) is 5.69 Å². The summed E-state index contributed by atoms with van der Waals surface area (Å²) in [6.45, 7) is 1.52. The number of hydrogen-bond donors (Lipinski definition) is 1. The number of anilines is 1. The van der Waals surface area contributed by atoms with Gasteiger partial charge >= 0.3 is 0 Å². The minimum Gasteiger partial charge on any atom is -0.365 e. The van der Waals surface area contributed by atoms with Gasteiger partial charge < -0.3 is 9.30 Å². The quantitative estimate of drug-likeness (QED) is 0.723. The third kappa shape index (κ3) is 2.81. The standard InChI is InChI=1S/C16H15BrN4O2S/c17-12-1-4-16-19-13(10-21(16)8-12)9-20-6-5-11-7-14(24(18,22)23)2-3-15(11)20/h1-4,7-8,10H,5-6,9H2,(H2,18,22,23). The van der Waals surface area contributed by atoms with Gasteiger partial charge in [-0.25, -0.2) is 18.5 Å². The third-order valence-corrected chi connectivity index (χ3v) is 5.57. The van der Waals surface area contributed by atoms with Crippen molar-refractivity contribution < 1.29 is 8.42 Å². The van der Waals surface area contributed by atoms with E-state index in [2.05, 4.69) is 25.8 Å². The Morgan fingerprint density at radius 3 is 2.83 bits per heavy atom. The first-order chi connectivity index (χ1) is 11.4. The molecule has 6 nitrogen and oxygen atoms in total. The van der Waals surface area contributed by atoms with Gasteiger partial charge in [0.2, 0.25) is 10.0 Å². The molecule has 0 radical (unpaired) electrons. The van der Waals surface area contributed by atoms with Crippen LogP contribution in [0.15, 0.2) is 52.1 Å². The Morgan fingerprint density at radius 1 is 1.21 bits per heavy atom.